The highest BCUT2D eigenvalue weighted by molar-refractivity contribution is 14.0. The summed E-state index contributed by atoms with van der Waals surface area (Å²) in [6.07, 6.45) is 4.05. The Morgan fingerprint density at radius 3 is 2.81 bits per heavy atom. The molecule has 2 fully saturated rings. The van der Waals surface area contributed by atoms with Gasteiger partial charge in [-0.2, -0.15) is 0 Å². The van der Waals surface area contributed by atoms with Crippen LogP contribution in [0.1, 0.15) is 32.6 Å². The van der Waals surface area contributed by atoms with Crippen LogP contribution in [0.5, 0.6) is 0 Å². The minimum atomic E-state index is -0.177. The van der Waals surface area contributed by atoms with E-state index in [9.17, 15) is 5.11 Å². The quantitative estimate of drug-likeness (QED) is 0.307. The van der Waals surface area contributed by atoms with Gasteiger partial charge < -0.3 is 20.6 Å². The normalized spacial score (nSPS) is 25.9. The van der Waals surface area contributed by atoms with Crippen LogP contribution in [0.3, 0.4) is 0 Å². The molecule has 1 saturated heterocycles. The molecule has 5 nitrogen and oxygen atoms in total. The monoisotopic (exact) mass is 536 g/mol. The molecule has 1 aromatic rings. The van der Waals surface area contributed by atoms with Crippen molar-refractivity contribution in [3.05, 3.63) is 28.7 Å². The largest absolute Gasteiger partial charge is 0.393 e. The zero-order valence-corrected chi connectivity index (χ0v) is 19.2. The molecule has 0 spiro atoms. The number of aliphatic hydroxyl groups is 1. The van der Waals surface area contributed by atoms with Crippen molar-refractivity contribution in [1.82, 2.24) is 10.6 Å². The summed E-state index contributed by atoms with van der Waals surface area (Å²) in [4.78, 5) is 7.14. The highest BCUT2D eigenvalue weighted by atomic mass is 127. The van der Waals surface area contributed by atoms with Crippen LogP contribution in [-0.4, -0.2) is 49.4 Å². The molecule has 0 radical (unpaired) electrons. The Hall–Kier alpha value is -0.540. The van der Waals surface area contributed by atoms with Crippen LogP contribution in [0.4, 0.5) is 5.69 Å². The van der Waals surface area contributed by atoms with Crippen molar-refractivity contribution in [2.45, 2.75) is 44.8 Å². The molecule has 1 heterocycles. The van der Waals surface area contributed by atoms with E-state index in [1.807, 2.05) is 6.07 Å². The second-order valence-electron chi connectivity index (χ2n) is 7.01. The lowest BCUT2D eigenvalue weighted by Crippen LogP contribution is -2.45. The number of hydrogen-bond acceptors (Lipinski definition) is 3. The summed E-state index contributed by atoms with van der Waals surface area (Å²) in [6.45, 7) is 5.65. The predicted octanol–water partition coefficient (Wildman–Crippen LogP) is 3.36. The molecule has 0 aromatic heterocycles. The molecule has 1 aliphatic heterocycles. The summed E-state index contributed by atoms with van der Waals surface area (Å²) in [5.74, 6) is 1.19. The van der Waals surface area contributed by atoms with E-state index < -0.39 is 0 Å². The van der Waals surface area contributed by atoms with Gasteiger partial charge in [0.1, 0.15) is 0 Å². The fourth-order valence-electron chi connectivity index (χ4n) is 3.76. The van der Waals surface area contributed by atoms with E-state index in [1.165, 1.54) is 5.69 Å². The molecule has 3 N–H and O–H groups in total. The molecule has 2 aliphatic rings. The number of nitrogens with zero attached hydrogens (tertiary/aromatic N) is 2. The highest BCUT2D eigenvalue weighted by Gasteiger charge is 2.26. The van der Waals surface area contributed by atoms with Crippen LogP contribution in [-0.2, 0) is 0 Å². The molecular formula is C19H30BrIN4O. The number of hydrogen-bond donors (Lipinski definition) is 3. The van der Waals surface area contributed by atoms with Gasteiger partial charge in [0.15, 0.2) is 5.96 Å². The minimum absolute atomic E-state index is 0. The van der Waals surface area contributed by atoms with Crippen molar-refractivity contribution < 1.29 is 5.11 Å². The van der Waals surface area contributed by atoms with Gasteiger partial charge in [0, 0.05) is 42.6 Å². The number of benzene rings is 1. The third-order valence-electron chi connectivity index (χ3n) is 5.17. The summed E-state index contributed by atoms with van der Waals surface area (Å²) >= 11 is 3.65. The van der Waals surface area contributed by atoms with Gasteiger partial charge in [-0.3, -0.25) is 4.99 Å². The van der Waals surface area contributed by atoms with E-state index >= 15 is 0 Å². The molecule has 1 aliphatic carbocycles. The minimum Gasteiger partial charge on any atom is -0.393 e. The van der Waals surface area contributed by atoms with E-state index in [2.05, 4.69) is 56.6 Å². The second-order valence-corrected chi connectivity index (χ2v) is 7.86. The van der Waals surface area contributed by atoms with Crippen molar-refractivity contribution in [3.63, 3.8) is 0 Å². The van der Waals surface area contributed by atoms with E-state index in [0.29, 0.717) is 18.5 Å². The summed E-state index contributed by atoms with van der Waals surface area (Å²) in [5.41, 5.74) is 1.25. The molecule has 146 valence electrons. The number of para-hydroxylation sites is 1. The average molecular weight is 537 g/mol. The Morgan fingerprint density at radius 2 is 2.12 bits per heavy atom. The Balaban J connectivity index is 0.00000243. The third kappa shape index (κ3) is 5.73. The summed E-state index contributed by atoms with van der Waals surface area (Å²) in [7, 11) is 0. The Bertz CT molecular complexity index is 601. The predicted molar refractivity (Wildman–Crippen MR) is 123 cm³/mol. The molecule has 26 heavy (non-hydrogen) atoms. The first-order chi connectivity index (χ1) is 12.2. The van der Waals surface area contributed by atoms with Crippen molar-refractivity contribution >= 4 is 51.6 Å². The third-order valence-corrected chi connectivity index (χ3v) is 5.84. The summed E-state index contributed by atoms with van der Waals surface area (Å²) < 4.78 is 1.14. The molecular weight excluding hydrogens is 507 g/mol. The molecule has 1 saturated carbocycles. The zero-order chi connectivity index (χ0) is 17.6. The maximum atomic E-state index is 9.98. The molecule has 3 atom stereocenters. The number of guanidine groups is 1. The maximum Gasteiger partial charge on any atom is 0.191 e. The average Bonchev–Trinajstić information content (AvgIpc) is 3.22. The van der Waals surface area contributed by atoms with Gasteiger partial charge in [0.2, 0.25) is 0 Å². The number of aliphatic hydroxyl groups excluding tert-OH is 1. The lowest BCUT2D eigenvalue weighted by atomic mass is 10.1. The lowest BCUT2D eigenvalue weighted by Gasteiger charge is -2.21. The van der Waals surface area contributed by atoms with Crippen LogP contribution in [0.2, 0.25) is 0 Å². The smallest absolute Gasteiger partial charge is 0.191 e. The van der Waals surface area contributed by atoms with E-state index in [-0.39, 0.29) is 30.1 Å². The number of rotatable bonds is 5. The first-order valence-corrected chi connectivity index (χ1v) is 10.2. The molecule has 3 rings (SSSR count). The second kappa shape index (κ2) is 10.7. The van der Waals surface area contributed by atoms with Gasteiger partial charge in [-0.05, 0) is 54.2 Å². The molecule has 1 aromatic carbocycles. The zero-order valence-electron chi connectivity index (χ0n) is 15.3. The van der Waals surface area contributed by atoms with Gasteiger partial charge in [-0.1, -0.05) is 18.6 Å². The fourth-order valence-corrected chi connectivity index (χ4v) is 4.29. The van der Waals surface area contributed by atoms with Crippen LogP contribution in [0.15, 0.2) is 33.7 Å². The number of aliphatic imine (C=N–C) groups is 1. The van der Waals surface area contributed by atoms with Crippen LogP contribution >= 0.6 is 39.9 Å². The maximum absolute atomic E-state index is 9.98. The number of nitrogens with one attached hydrogen (secondary N) is 2. The summed E-state index contributed by atoms with van der Waals surface area (Å²) in [6, 6.07) is 8.77. The van der Waals surface area contributed by atoms with E-state index in [1.54, 1.807) is 0 Å². The highest BCUT2D eigenvalue weighted by Crippen LogP contribution is 2.28. The van der Waals surface area contributed by atoms with Gasteiger partial charge in [-0.15, -0.1) is 24.0 Å². The molecule has 3 unspecified atom stereocenters. The summed E-state index contributed by atoms with van der Waals surface area (Å²) in [5, 5.41) is 16.9. The lowest BCUT2D eigenvalue weighted by molar-refractivity contribution is 0.136. The van der Waals surface area contributed by atoms with Gasteiger partial charge in [0.25, 0.3) is 0 Å². The Labute approximate surface area is 182 Å². The van der Waals surface area contributed by atoms with Gasteiger partial charge in [0.05, 0.1) is 11.8 Å². The van der Waals surface area contributed by atoms with Gasteiger partial charge in [-0.25, -0.2) is 0 Å². The van der Waals surface area contributed by atoms with Crippen molar-refractivity contribution in [3.8, 4) is 0 Å². The van der Waals surface area contributed by atoms with E-state index in [0.717, 1.165) is 55.7 Å². The number of halogens is 2. The van der Waals surface area contributed by atoms with Crippen molar-refractivity contribution in [2.75, 3.05) is 31.1 Å². The van der Waals surface area contributed by atoms with Crippen LogP contribution in [0.25, 0.3) is 0 Å². The molecule has 0 bridgehead atoms. The van der Waals surface area contributed by atoms with Crippen molar-refractivity contribution in [2.24, 2.45) is 10.9 Å². The standard InChI is InChI=1S/C19H29BrN4O.HI/c1-2-21-19(22-12-14-6-5-9-18(14)25)23-15-10-11-24(13-15)17-8-4-3-7-16(17)20;/h3-4,7-8,14-15,18,25H,2,5-6,9-13H2,1H3,(H2,21,22,23);1H. The number of anilines is 1. The van der Waals surface area contributed by atoms with Crippen LogP contribution < -0.4 is 15.5 Å². The van der Waals surface area contributed by atoms with Crippen LogP contribution in [0, 0.1) is 5.92 Å². The first kappa shape index (κ1) is 21.8. The molecule has 0 amide bonds. The fraction of sp³-hybridized carbons (Fsp3) is 0.632. The first-order valence-electron chi connectivity index (χ1n) is 9.39. The van der Waals surface area contributed by atoms with Crippen molar-refractivity contribution in [1.29, 1.82) is 0 Å². The van der Waals surface area contributed by atoms with E-state index in [4.69, 9.17) is 4.99 Å². The van der Waals surface area contributed by atoms with Gasteiger partial charge >= 0.3 is 0 Å². The Kier molecular flexibility index (Phi) is 8.96. The Morgan fingerprint density at radius 1 is 1.31 bits per heavy atom. The molecule has 7 heteroatoms. The SMILES string of the molecule is CCNC(=NCC1CCCC1O)NC1CCN(c2ccccc2Br)C1.I. The topological polar surface area (TPSA) is 59.9 Å².